The third-order valence-corrected chi connectivity index (χ3v) is 3.65. The van der Waals surface area contributed by atoms with Crippen LogP contribution < -0.4 is 5.32 Å². The van der Waals surface area contributed by atoms with Gasteiger partial charge in [0.25, 0.3) is 5.91 Å². The summed E-state index contributed by atoms with van der Waals surface area (Å²) in [4.78, 5) is 13.8. The Hall–Kier alpha value is -1.49. The minimum absolute atomic E-state index is 0.176. The van der Waals surface area contributed by atoms with E-state index < -0.39 is 17.5 Å². The molecular formula is C15H20F2N2O. The standard InChI is InChI=1S/C15H20F2N2O/c1-2-8-18-11-6-9-19(10-7-11)15(20)12-4-3-5-13(16)14(12)17/h3-5,11,18H,2,6-10H2,1H3. The molecule has 3 nitrogen and oxygen atoms in total. The molecule has 1 amide bonds. The van der Waals surface area contributed by atoms with Gasteiger partial charge >= 0.3 is 0 Å². The van der Waals surface area contributed by atoms with E-state index >= 15 is 0 Å². The number of halogens is 2. The number of carbonyl (C=O) groups is 1. The fourth-order valence-corrected chi connectivity index (χ4v) is 2.47. The molecule has 0 unspecified atom stereocenters. The lowest BCUT2D eigenvalue weighted by molar-refractivity contribution is 0.0699. The van der Waals surface area contributed by atoms with Crippen molar-refractivity contribution in [3.63, 3.8) is 0 Å². The third-order valence-electron chi connectivity index (χ3n) is 3.65. The molecule has 2 rings (SSSR count). The molecule has 5 heteroatoms. The van der Waals surface area contributed by atoms with Crippen molar-refractivity contribution in [1.82, 2.24) is 10.2 Å². The van der Waals surface area contributed by atoms with E-state index in [9.17, 15) is 13.6 Å². The molecule has 1 saturated heterocycles. The molecule has 0 atom stereocenters. The molecular weight excluding hydrogens is 262 g/mol. The van der Waals surface area contributed by atoms with Crippen LogP contribution in [0.25, 0.3) is 0 Å². The van der Waals surface area contributed by atoms with Crippen LogP contribution in [0.4, 0.5) is 8.78 Å². The van der Waals surface area contributed by atoms with Crippen molar-refractivity contribution in [1.29, 1.82) is 0 Å². The number of hydrogen-bond acceptors (Lipinski definition) is 2. The highest BCUT2D eigenvalue weighted by Crippen LogP contribution is 2.17. The van der Waals surface area contributed by atoms with E-state index in [0.29, 0.717) is 19.1 Å². The maximum absolute atomic E-state index is 13.6. The summed E-state index contributed by atoms with van der Waals surface area (Å²) in [7, 11) is 0. The van der Waals surface area contributed by atoms with Gasteiger partial charge in [-0.05, 0) is 37.9 Å². The Labute approximate surface area is 118 Å². The fourth-order valence-electron chi connectivity index (χ4n) is 2.47. The summed E-state index contributed by atoms with van der Waals surface area (Å²) in [6, 6.07) is 4.13. The molecule has 1 fully saturated rings. The van der Waals surface area contributed by atoms with Crippen LogP contribution in [0.1, 0.15) is 36.5 Å². The zero-order valence-electron chi connectivity index (χ0n) is 11.7. The molecule has 0 bridgehead atoms. The van der Waals surface area contributed by atoms with Crippen LogP contribution in [-0.2, 0) is 0 Å². The predicted molar refractivity (Wildman–Crippen MR) is 73.6 cm³/mol. The highest BCUT2D eigenvalue weighted by Gasteiger charge is 2.25. The first-order valence-electron chi connectivity index (χ1n) is 7.10. The van der Waals surface area contributed by atoms with E-state index in [-0.39, 0.29) is 5.56 Å². The second-order valence-electron chi connectivity index (χ2n) is 5.12. The summed E-state index contributed by atoms with van der Waals surface area (Å²) < 4.78 is 26.8. The summed E-state index contributed by atoms with van der Waals surface area (Å²) in [5, 5.41) is 3.42. The van der Waals surface area contributed by atoms with Crippen LogP contribution in [-0.4, -0.2) is 36.5 Å². The SMILES string of the molecule is CCCNC1CCN(C(=O)c2cccc(F)c2F)CC1. The van der Waals surface area contributed by atoms with Crippen molar-refractivity contribution in [3.05, 3.63) is 35.4 Å². The van der Waals surface area contributed by atoms with E-state index in [1.807, 2.05) is 0 Å². The van der Waals surface area contributed by atoms with E-state index in [1.54, 1.807) is 4.90 Å². The first-order valence-corrected chi connectivity index (χ1v) is 7.10. The molecule has 1 aromatic carbocycles. The molecule has 1 N–H and O–H groups in total. The molecule has 0 spiro atoms. The summed E-state index contributed by atoms with van der Waals surface area (Å²) in [5.41, 5.74) is -0.176. The minimum Gasteiger partial charge on any atom is -0.338 e. The van der Waals surface area contributed by atoms with Crippen LogP contribution >= 0.6 is 0 Å². The zero-order chi connectivity index (χ0) is 14.5. The Morgan fingerprint density at radius 3 is 2.70 bits per heavy atom. The van der Waals surface area contributed by atoms with Gasteiger partial charge in [0.05, 0.1) is 5.56 Å². The number of benzene rings is 1. The van der Waals surface area contributed by atoms with E-state index in [0.717, 1.165) is 31.9 Å². The average molecular weight is 282 g/mol. The number of amides is 1. The van der Waals surface area contributed by atoms with Gasteiger partial charge in [0.1, 0.15) is 0 Å². The molecule has 1 heterocycles. The van der Waals surface area contributed by atoms with Gasteiger partial charge in [-0.1, -0.05) is 13.0 Å². The van der Waals surface area contributed by atoms with Gasteiger partial charge in [-0.15, -0.1) is 0 Å². The first kappa shape index (κ1) is 14.9. The fraction of sp³-hybridized carbons (Fsp3) is 0.533. The normalized spacial score (nSPS) is 16.4. The van der Waals surface area contributed by atoms with Crippen molar-refractivity contribution >= 4 is 5.91 Å². The van der Waals surface area contributed by atoms with Gasteiger partial charge in [0, 0.05) is 19.1 Å². The molecule has 110 valence electrons. The molecule has 0 aliphatic carbocycles. The van der Waals surface area contributed by atoms with Gasteiger partial charge in [0.2, 0.25) is 0 Å². The highest BCUT2D eigenvalue weighted by atomic mass is 19.2. The number of carbonyl (C=O) groups excluding carboxylic acids is 1. The van der Waals surface area contributed by atoms with Gasteiger partial charge in [-0.25, -0.2) is 8.78 Å². The second kappa shape index (κ2) is 6.79. The zero-order valence-corrected chi connectivity index (χ0v) is 11.7. The minimum atomic E-state index is -1.05. The summed E-state index contributed by atoms with van der Waals surface area (Å²) >= 11 is 0. The summed E-state index contributed by atoms with van der Waals surface area (Å²) in [6.07, 6.45) is 2.78. The Kier molecular flexibility index (Phi) is 5.06. The van der Waals surface area contributed by atoms with Crippen LogP contribution in [0, 0.1) is 11.6 Å². The average Bonchev–Trinajstić information content (AvgIpc) is 2.48. The van der Waals surface area contributed by atoms with E-state index in [1.165, 1.54) is 12.1 Å². The van der Waals surface area contributed by atoms with Gasteiger partial charge < -0.3 is 10.2 Å². The van der Waals surface area contributed by atoms with Crippen molar-refractivity contribution in [2.45, 2.75) is 32.2 Å². The third kappa shape index (κ3) is 3.33. The number of likely N-dealkylation sites (tertiary alicyclic amines) is 1. The maximum Gasteiger partial charge on any atom is 0.256 e. The first-order chi connectivity index (χ1) is 9.63. The molecule has 1 aromatic rings. The quantitative estimate of drug-likeness (QED) is 0.920. The van der Waals surface area contributed by atoms with Crippen LogP contribution in [0.15, 0.2) is 18.2 Å². The molecule has 0 saturated carbocycles. The molecule has 1 aliphatic heterocycles. The Morgan fingerprint density at radius 2 is 2.05 bits per heavy atom. The lowest BCUT2D eigenvalue weighted by atomic mass is 10.0. The number of piperidine rings is 1. The Bertz CT molecular complexity index is 471. The summed E-state index contributed by atoms with van der Waals surface area (Å²) in [6.45, 7) is 4.24. The number of nitrogens with zero attached hydrogens (tertiary/aromatic N) is 1. The van der Waals surface area contributed by atoms with Crippen LogP contribution in [0.5, 0.6) is 0 Å². The number of rotatable bonds is 4. The number of nitrogens with one attached hydrogen (secondary N) is 1. The van der Waals surface area contributed by atoms with Crippen LogP contribution in [0.3, 0.4) is 0 Å². The van der Waals surface area contributed by atoms with E-state index in [4.69, 9.17) is 0 Å². The Balaban J connectivity index is 1.96. The van der Waals surface area contributed by atoms with Gasteiger partial charge in [0.15, 0.2) is 11.6 Å². The highest BCUT2D eigenvalue weighted by molar-refractivity contribution is 5.94. The van der Waals surface area contributed by atoms with Crippen molar-refractivity contribution in [3.8, 4) is 0 Å². The molecule has 20 heavy (non-hydrogen) atoms. The lowest BCUT2D eigenvalue weighted by Crippen LogP contribution is -2.45. The van der Waals surface area contributed by atoms with Crippen molar-refractivity contribution in [2.75, 3.05) is 19.6 Å². The van der Waals surface area contributed by atoms with E-state index in [2.05, 4.69) is 12.2 Å². The molecule has 0 aromatic heterocycles. The van der Waals surface area contributed by atoms with Gasteiger partial charge in [-0.2, -0.15) is 0 Å². The molecule has 0 radical (unpaired) electrons. The summed E-state index contributed by atoms with van der Waals surface area (Å²) in [5.74, 6) is -2.45. The smallest absolute Gasteiger partial charge is 0.256 e. The second-order valence-corrected chi connectivity index (χ2v) is 5.12. The van der Waals surface area contributed by atoms with Crippen LogP contribution in [0.2, 0.25) is 0 Å². The maximum atomic E-state index is 13.6. The largest absolute Gasteiger partial charge is 0.338 e. The number of hydrogen-bond donors (Lipinski definition) is 1. The lowest BCUT2D eigenvalue weighted by Gasteiger charge is -2.32. The monoisotopic (exact) mass is 282 g/mol. The Morgan fingerprint density at radius 1 is 1.35 bits per heavy atom. The van der Waals surface area contributed by atoms with Gasteiger partial charge in [-0.3, -0.25) is 4.79 Å². The van der Waals surface area contributed by atoms with Crippen molar-refractivity contribution < 1.29 is 13.6 Å². The topological polar surface area (TPSA) is 32.3 Å². The predicted octanol–water partition coefficient (Wildman–Crippen LogP) is 2.57. The molecule has 1 aliphatic rings. The van der Waals surface area contributed by atoms with Crippen molar-refractivity contribution in [2.24, 2.45) is 0 Å².